The third-order valence-electron chi connectivity index (χ3n) is 6.00. The fourth-order valence-electron chi connectivity index (χ4n) is 4.37. The summed E-state index contributed by atoms with van der Waals surface area (Å²) in [5.74, 6) is -0.156. The average Bonchev–Trinajstić information content (AvgIpc) is 3.53. The van der Waals surface area contributed by atoms with Crippen LogP contribution < -0.4 is 5.32 Å². The zero-order chi connectivity index (χ0) is 28.5. The first-order valence-corrected chi connectivity index (χ1v) is 14.4. The number of aliphatic imine (C=N–C) groups is 1. The van der Waals surface area contributed by atoms with Crippen LogP contribution in [0.2, 0.25) is 0 Å². The average molecular weight is 630 g/mol. The number of fused-ring (bicyclic) bond motifs is 3. The SMILES string of the molecule is C.C=N/C=C(\C=C/C)c1nn(-c2ccc(C(=O)N(CC)CCO)cc2Br)c2c1CCc1nc(NC=O)sc1-2.CC. The fraction of sp³-hybridized carbons (Fsp3) is 0.345. The van der Waals surface area contributed by atoms with Crippen molar-refractivity contribution in [2.75, 3.05) is 25.0 Å². The number of rotatable bonds is 10. The van der Waals surface area contributed by atoms with E-state index in [4.69, 9.17) is 5.10 Å². The van der Waals surface area contributed by atoms with Crippen LogP contribution in [0.15, 0.2) is 46.0 Å². The fourth-order valence-corrected chi connectivity index (χ4v) is 5.94. The van der Waals surface area contributed by atoms with Gasteiger partial charge < -0.3 is 15.3 Å². The van der Waals surface area contributed by atoms with E-state index < -0.39 is 0 Å². The summed E-state index contributed by atoms with van der Waals surface area (Å²) in [6.45, 7) is 12.1. The molecule has 11 heteroatoms. The number of aliphatic hydroxyl groups is 1. The van der Waals surface area contributed by atoms with Gasteiger partial charge in [-0.25, -0.2) is 9.67 Å². The normalized spacial score (nSPS) is 12.0. The number of amides is 2. The number of hydrogen-bond donors (Lipinski definition) is 2. The molecular weight excluding hydrogens is 592 g/mol. The Hall–Kier alpha value is -3.41. The van der Waals surface area contributed by atoms with Gasteiger partial charge in [-0.15, -0.1) is 0 Å². The number of anilines is 1. The quantitative estimate of drug-likeness (QED) is 0.159. The van der Waals surface area contributed by atoms with Gasteiger partial charge in [0.05, 0.1) is 34.3 Å². The van der Waals surface area contributed by atoms with Crippen molar-refractivity contribution < 1.29 is 14.7 Å². The number of carbonyl (C=O) groups excluding carboxylic acids is 2. The lowest BCUT2D eigenvalue weighted by Crippen LogP contribution is -2.33. The van der Waals surface area contributed by atoms with Gasteiger partial charge in [0, 0.05) is 40.5 Å². The van der Waals surface area contributed by atoms with Crippen LogP contribution >= 0.6 is 27.3 Å². The number of halogens is 1. The van der Waals surface area contributed by atoms with E-state index >= 15 is 0 Å². The number of nitrogens with zero attached hydrogens (tertiary/aromatic N) is 5. The molecule has 2 heterocycles. The number of benzene rings is 1. The Labute approximate surface area is 248 Å². The second-order valence-corrected chi connectivity index (χ2v) is 10.0. The summed E-state index contributed by atoms with van der Waals surface area (Å²) in [6.07, 6.45) is 7.62. The summed E-state index contributed by atoms with van der Waals surface area (Å²) < 4.78 is 2.55. The van der Waals surface area contributed by atoms with Crippen LogP contribution in [0.4, 0.5) is 5.13 Å². The van der Waals surface area contributed by atoms with Gasteiger partial charge in [0.25, 0.3) is 5.91 Å². The zero-order valence-electron chi connectivity index (χ0n) is 22.6. The largest absolute Gasteiger partial charge is 0.395 e. The zero-order valence-corrected chi connectivity index (χ0v) is 25.0. The standard InChI is InChI=1S/C26H27BrN6O3S.C2H6.CH4/c1-4-6-17(14-28-3)22-18-8-9-20-24(37-26(30-20)29-15-35)23(18)33(31-22)21-10-7-16(13-19(21)27)25(36)32(5-2)11-12-34;1-2;/h4,6-7,10,13-15,34H,3,5,8-9,11-12H2,1-2H3,(H,29,30,35);1-2H3;1H4/b6-4-,17-14+;;. The van der Waals surface area contributed by atoms with E-state index in [0.717, 1.165) is 51.6 Å². The highest BCUT2D eigenvalue weighted by Gasteiger charge is 2.30. The first-order valence-electron chi connectivity index (χ1n) is 12.8. The number of aliphatic hydroxyl groups excluding tert-OH is 1. The van der Waals surface area contributed by atoms with E-state index in [1.807, 2.05) is 50.6 Å². The van der Waals surface area contributed by atoms with Crippen molar-refractivity contribution in [2.24, 2.45) is 4.99 Å². The number of nitrogens with one attached hydrogen (secondary N) is 1. The van der Waals surface area contributed by atoms with Crippen molar-refractivity contribution in [1.29, 1.82) is 0 Å². The minimum atomic E-state index is -0.156. The molecule has 9 nitrogen and oxygen atoms in total. The van der Waals surface area contributed by atoms with Gasteiger partial charge >= 0.3 is 0 Å². The lowest BCUT2D eigenvalue weighted by atomic mass is 9.95. The minimum absolute atomic E-state index is 0. The number of hydrogen-bond acceptors (Lipinski definition) is 7. The van der Waals surface area contributed by atoms with Crippen LogP contribution in [0.3, 0.4) is 0 Å². The monoisotopic (exact) mass is 628 g/mol. The van der Waals surface area contributed by atoms with E-state index in [0.29, 0.717) is 28.1 Å². The van der Waals surface area contributed by atoms with Gasteiger partial charge in [0.2, 0.25) is 6.41 Å². The topological polar surface area (TPSA) is 113 Å². The van der Waals surface area contributed by atoms with Crippen molar-refractivity contribution in [3.05, 3.63) is 63.5 Å². The molecule has 0 saturated heterocycles. The van der Waals surface area contributed by atoms with Crippen LogP contribution in [0.25, 0.3) is 21.8 Å². The predicted octanol–water partition coefficient (Wildman–Crippen LogP) is 6.16. The number of aromatic nitrogens is 3. The molecule has 40 heavy (non-hydrogen) atoms. The lowest BCUT2D eigenvalue weighted by molar-refractivity contribution is -0.105. The first-order chi connectivity index (χ1) is 19.0. The number of thiazole rings is 1. The Balaban J connectivity index is 0.00000183. The van der Waals surface area contributed by atoms with Crippen LogP contribution in [0, 0.1) is 0 Å². The summed E-state index contributed by atoms with van der Waals surface area (Å²) >= 11 is 5.06. The molecule has 2 N–H and O–H groups in total. The molecular formula is C29H37BrN6O3S. The highest BCUT2D eigenvalue weighted by Crippen LogP contribution is 2.44. The molecule has 1 aliphatic carbocycles. The van der Waals surface area contributed by atoms with Crippen molar-refractivity contribution in [2.45, 2.75) is 48.0 Å². The maximum Gasteiger partial charge on any atom is 0.253 e. The maximum atomic E-state index is 13.0. The van der Waals surface area contributed by atoms with Crippen LogP contribution in [-0.4, -0.2) is 63.5 Å². The Bertz CT molecular complexity index is 1410. The summed E-state index contributed by atoms with van der Waals surface area (Å²) in [5.41, 5.74) is 5.72. The molecule has 2 aromatic heterocycles. The van der Waals surface area contributed by atoms with Crippen LogP contribution in [-0.2, 0) is 17.6 Å². The molecule has 1 aromatic carbocycles. The molecule has 0 aliphatic heterocycles. The highest BCUT2D eigenvalue weighted by molar-refractivity contribution is 9.10. The van der Waals surface area contributed by atoms with Crippen molar-refractivity contribution in [3.63, 3.8) is 0 Å². The summed E-state index contributed by atoms with van der Waals surface area (Å²) in [7, 11) is 0. The van der Waals surface area contributed by atoms with Crippen LogP contribution in [0.5, 0.6) is 0 Å². The summed E-state index contributed by atoms with van der Waals surface area (Å²) in [4.78, 5) is 35.1. The second-order valence-electron chi connectivity index (χ2n) is 8.19. The Morgan fingerprint density at radius 1 is 1.35 bits per heavy atom. The molecule has 2 amide bonds. The molecule has 4 rings (SSSR count). The molecule has 0 saturated carbocycles. The smallest absolute Gasteiger partial charge is 0.253 e. The Kier molecular flexibility index (Phi) is 12.6. The number of allylic oxidation sites excluding steroid dienone is 3. The highest BCUT2D eigenvalue weighted by atomic mass is 79.9. The second kappa shape index (κ2) is 15.4. The molecule has 0 radical (unpaired) electrons. The Morgan fingerprint density at radius 3 is 2.70 bits per heavy atom. The molecule has 0 bridgehead atoms. The first kappa shape index (κ1) is 32.8. The lowest BCUT2D eigenvalue weighted by Gasteiger charge is -2.20. The third kappa shape index (κ3) is 6.65. The Morgan fingerprint density at radius 2 is 2.10 bits per heavy atom. The van der Waals surface area contributed by atoms with E-state index in [1.54, 1.807) is 23.2 Å². The van der Waals surface area contributed by atoms with Gasteiger partial charge in [0.15, 0.2) is 5.13 Å². The van der Waals surface area contributed by atoms with E-state index in [-0.39, 0.29) is 26.5 Å². The van der Waals surface area contributed by atoms with Gasteiger partial charge in [0.1, 0.15) is 0 Å². The van der Waals surface area contributed by atoms with E-state index in [9.17, 15) is 14.7 Å². The number of aryl methyl sites for hydroxylation is 1. The molecule has 214 valence electrons. The predicted molar refractivity (Wildman–Crippen MR) is 169 cm³/mol. The van der Waals surface area contributed by atoms with Crippen molar-refractivity contribution in [3.8, 4) is 16.3 Å². The molecule has 0 atom stereocenters. The molecule has 0 spiro atoms. The van der Waals surface area contributed by atoms with E-state index in [1.165, 1.54) is 11.3 Å². The molecule has 0 fully saturated rings. The van der Waals surface area contributed by atoms with Gasteiger partial charge in [-0.1, -0.05) is 44.8 Å². The van der Waals surface area contributed by atoms with Gasteiger partial charge in [-0.2, -0.15) is 5.10 Å². The number of carbonyl (C=O) groups is 2. The van der Waals surface area contributed by atoms with Gasteiger partial charge in [-0.05, 0) is 67.5 Å². The van der Waals surface area contributed by atoms with Crippen LogP contribution in [0.1, 0.15) is 62.4 Å². The van der Waals surface area contributed by atoms with Gasteiger partial charge in [-0.3, -0.25) is 14.6 Å². The summed E-state index contributed by atoms with van der Waals surface area (Å²) in [6, 6.07) is 5.39. The molecule has 3 aromatic rings. The number of likely N-dealkylation sites (N-methyl/N-ethyl adjacent to an activating group) is 1. The third-order valence-corrected chi connectivity index (χ3v) is 7.67. The van der Waals surface area contributed by atoms with Crippen molar-refractivity contribution in [1.82, 2.24) is 19.7 Å². The molecule has 0 unspecified atom stereocenters. The maximum absolute atomic E-state index is 13.0. The van der Waals surface area contributed by atoms with Crippen molar-refractivity contribution >= 4 is 57.0 Å². The minimum Gasteiger partial charge on any atom is -0.395 e. The van der Waals surface area contributed by atoms with E-state index in [2.05, 4.69) is 37.9 Å². The summed E-state index contributed by atoms with van der Waals surface area (Å²) in [5, 5.41) is 17.5. The molecule has 1 aliphatic rings.